The van der Waals surface area contributed by atoms with E-state index in [4.69, 9.17) is 0 Å². The minimum absolute atomic E-state index is 0.0161. The molecule has 2 unspecified atom stereocenters. The Hall–Kier alpha value is -0.380. The van der Waals surface area contributed by atoms with Crippen molar-refractivity contribution in [3.8, 4) is 0 Å². The Bertz CT molecular complexity index is 307. The van der Waals surface area contributed by atoms with E-state index in [1.165, 1.54) is 89.9 Å². The summed E-state index contributed by atoms with van der Waals surface area (Å²) in [5, 5.41) is 22.9. The minimum Gasteiger partial charge on any atom is -0.395 e. The van der Waals surface area contributed by atoms with Crippen LogP contribution in [0.3, 0.4) is 0 Å². The third-order valence-corrected chi connectivity index (χ3v) is 5.35. The van der Waals surface area contributed by atoms with Crippen LogP contribution in [-0.4, -0.2) is 35.5 Å². The first kappa shape index (κ1) is 26.6. The van der Waals surface area contributed by atoms with Crippen LogP contribution in [-0.2, 0) is 0 Å². The molecule has 0 radical (unpaired) electrons. The molecule has 2 atom stereocenters. The number of rotatable bonds is 21. The van der Waals surface area contributed by atoms with Crippen LogP contribution in [0.25, 0.3) is 0 Å². The maximum absolute atomic E-state index is 10.2. The third kappa shape index (κ3) is 18.7. The van der Waals surface area contributed by atoms with Gasteiger partial charge in [0.2, 0.25) is 0 Å². The SMILES string of the molecule is CCCCCCCCCCCCC/C=C/C(O)C(CO)NCCCCCC. The summed E-state index contributed by atoms with van der Waals surface area (Å²) in [5.74, 6) is 0. The molecule has 3 nitrogen and oxygen atoms in total. The average molecular weight is 384 g/mol. The van der Waals surface area contributed by atoms with Crippen LogP contribution in [0.4, 0.5) is 0 Å². The molecule has 0 saturated heterocycles. The van der Waals surface area contributed by atoms with Gasteiger partial charge in [-0.2, -0.15) is 0 Å². The number of unbranched alkanes of at least 4 members (excludes halogenated alkanes) is 14. The van der Waals surface area contributed by atoms with Gasteiger partial charge in [-0.3, -0.25) is 0 Å². The van der Waals surface area contributed by atoms with Crippen molar-refractivity contribution in [2.24, 2.45) is 0 Å². The van der Waals surface area contributed by atoms with Gasteiger partial charge in [-0.1, -0.05) is 109 Å². The molecule has 0 amide bonds. The highest BCUT2D eigenvalue weighted by Crippen LogP contribution is 2.12. The van der Waals surface area contributed by atoms with Crippen LogP contribution < -0.4 is 5.32 Å². The molecule has 0 aliphatic heterocycles. The van der Waals surface area contributed by atoms with E-state index in [0.29, 0.717) is 0 Å². The lowest BCUT2D eigenvalue weighted by atomic mass is 10.0. The molecule has 0 aromatic carbocycles. The fourth-order valence-electron chi connectivity index (χ4n) is 3.43. The fraction of sp³-hybridized carbons (Fsp3) is 0.917. The quantitative estimate of drug-likeness (QED) is 0.165. The lowest BCUT2D eigenvalue weighted by molar-refractivity contribution is 0.123. The lowest BCUT2D eigenvalue weighted by Gasteiger charge is -2.19. The molecule has 3 heteroatoms. The van der Waals surface area contributed by atoms with Gasteiger partial charge in [0, 0.05) is 0 Å². The van der Waals surface area contributed by atoms with E-state index >= 15 is 0 Å². The number of aliphatic hydroxyl groups excluding tert-OH is 2. The van der Waals surface area contributed by atoms with E-state index in [9.17, 15) is 10.2 Å². The fourth-order valence-corrected chi connectivity index (χ4v) is 3.43. The topological polar surface area (TPSA) is 52.5 Å². The number of hydrogen-bond donors (Lipinski definition) is 3. The monoisotopic (exact) mass is 383 g/mol. The number of aliphatic hydroxyl groups is 2. The van der Waals surface area contributed by atoms with Gasteiger partial charge in [0.25, 0.3) is 0 Å². The maximum atomic E-state index is 10.2. The molecule has 0 aliphatic rings. The summed E-state index contributed by atoms with van der Waals surface area (Å²) in [4.78, 5) is 0. The summed E-state index contributed by atoms with van der Waals surface area (Å²) in [6.07, 6.45) is 24.2. The van der Waals surface area contributed by atoms with Crippen LogP contribution in [0.15, 0.2) is 12.2 Å². The highest BCUT2D eigenvalue weighted by atomic mass is 16.3. The van der Waals surface area contributed by atoms with Crippen LogP contribution in [0.2, 0.25) is 0 Å². The Balaban J connectivity index is 3.51. The van der Waals surface area contributed by atoms with E-state index in [1.807, 2.05) is 6.08 Å². The molecule has 0 heterocycles. The summed E-state index contributed by atoms with van der Waals surface area (Å²) in [6.45, 7) is 5.33. The molecular weight excluding hydrogens is 334 g/mol. The van der Waals surface area contributed by atoms with Gasteiger partial charge < -0.3 is 15.5 Å². The Kier molecular flexibility index (Phi) is 21.6. The molecule has 0 aromatic rings. The van der Waals surface area contributed by atoms with Gasteiger partial charge in [-0.05, 0) is 25.8 Å². The zero-order valence-corrected chi connectivity index (χ0v) is 18.4. The van der Waals surface area contributed by atoms with Crippen molar-refractivity contribution in [3.05, 3.63) is 12.2 Å². The van der Waals surface area contributed by atoms with Crippen molar-refractivity contribution >= 4 is 0 Å². The predicted molar refractivity (Wildman–Crippen MR) is 119 cm³/mol. The molecule has 162 valence electrons. The predicted octanol–water partition coefficient (Wildman–Crippen LogP) is 6.14. The molecule has 0 aliphatic carbocycles. The van der Waals surface area contributed by atoms with Gasteiger partial charge in [0.15, 0.2) is 0 Å². The maximum Gasteiger partial charge on any atom is 0.0896 e. The van der Waals surface area contributed by atoms with Crippen LogP contribution >= 0.6 is 0 Å². The molecule has 0 spiro atoms. The zero-order chi connectivity index (χ0) is 20.0. The number of allylic oxidation sites excluding steroid dienone is 1. The Morgan fingerprint density at radius 2 is 1.19 bits per heavy atom. The molecule has 3 N–H and O–H groups in total. The summed E-state index contributed by atoms with van der Waals surface area (Å²) in [7, 11) is 0. The number of nitrogens with one attached hydrogen (secondary N) is 1. The first-order valence-electron chi connectivity index (χ1n) is 11.9. The molecule has 0 aromatic heterocycles. The number of hydrogen-bond acceptors (Lipinski definition) is 3. The van der Waals surface area contributed by atoms with E-state index < -0.39 is 6.10 Å². The standard InChI is InChI=1S/C24H49NO2/c1-3-5-7-9-10-11-12-13-14-15-16-17-18-20-24(27)23(22-26)25-21-19-8-6-4-2/h18,20,23-27H,3-17,19,21-22H2,1-2H3/b20-18+. The Morgan fingerprint density at radius 3 is 1.70 bits per heavy atom. The first-order chi connectivity index (χ1) is 13.3. The van der Waals surface area contributed by atoms with Crippen molar-refractivity contribution in [2.45, 2.75) is 129 Å². The molecule has 0 rings (SSSR count). The van der Waals surface area contributed by atoms with Gasteiger partial charge in [0.05, 0.1) is 18.8 Å². The summed E-state index contributed by atoms with van der Waals surface area (Å²) in [6, 6.07) is -0.236. The Morgan fingerprint density at radius 1 is 0.704 bits per heavy atom. The molecule has 27 heavy (non-hydrogen) atoms. The molecular formula is C24H49NO2. The van der Waals surface area contributed by atoms with Crippen molar-refractivity contribution in [1.82, 2.24) is 5.32 Å². The first-order valence-corrected chi connectivity index (χ1v) is 11.9. The third-order valence-electron chi connectivity index (χ3n) is 5.35. The second-order valence-corrected chi connectivity index (χ2v) is 8.05. The van der Waals surface area contributed by atoms with E-state index in [2.05, 4.69) is 25.2 Å². The molecule has 0 bridgehead atoms. The van der Waals surface area contributed by atoms with Crippen LogP contribution in [0.5, 0.6) is 0 Å². The van der Waals surface area contributed by atoms with Gasteiger partial charge in [-0.25, -0.2) is 0 Å². The summed E-state index contributed by atoms with van der Waals surface area (Å²) >= 11 is 0. The average Bonchev–Trinajstić information content (AvgIpc) is 2.68. The molecule has 0 fully saturated rings. The van der Waals surface area contributed by atoms with Gasteiger partial charge in [0.1, 0.15) is 0 Å². The molecule has 0 saturated carbocycles. The minimum atomic E-state index is -0.589. The lowest BCUT2D eigenvalue weighted by Crippen LogP contribution is -2.42. The van der Waals surface area contributed by atoms with Crippen molar-refractivity contribution in [3.63, 3.8) is 0 Å². The van der Waals surface area contributed by atoms with Gasteiger partial charge in [-0.15, -0.1) is 0 Å². The second kappa shape index (κ2) is 21.9. The van der Waals surface area contributed by atoms with Crippen LogP contribution in [0, 0.1) is 0 Å². The summed E-state index contributed by atoms with van der Waals surface area (Å²) < 4.78 is 0. The smallest absolute Gasteiger partial charge is 0.0896 e. The summed E-state index contributed by atoms with van der Waals surface area (Å²) in [5.41, 5.74) is 0. The highest BCUT2D eigenvalue weighted by molar-refractivity contribution is 4.94. The van der Waals surface area contributed by atoms with E-state index in [1.54, 1.807) is 0 Å². The van der Waals surface area contributed by atoms with Crippen molar-refractivity contribution in [2.75, 3.05) is 13.2 Å². The normalized spacial score (nSPS) is 14.1. The largest absolute Gasteiger partial charge is 0.395 e. The van der Waals surface area contributed by atoms with E-state index in [0.717, 1.165) is 19.4 Å². The zero-order valence-electron chi connectivity index (χ0n) is 18.4. The Labute approximate surface area is 170 Å². The van der Waals surface area contributed by atoms with Crippen molar-refractivity contribution in [1.29, 1.82) is 0 Å². The van der Waals surface area contributed by atoms with Gasteiger partial charge >= 0.3 is 0 Å². The second-order valence-electron chi connectivity index (χ2n) is 8.05. The van der Waals surface area contributed by atoms with E-state index in [-0.39, 0.29) is 12.6 Å². The highest BCUT2D eigenvalue weighted by Gasteiger charge is 2.14. The van der Waals surface area contributed by atoms with Crippen LogP contribution in [0.1, 0.15) is 117 Å². The van der Waals surface area contributed by atoms with Crippen molar-refractivity contribution < 1.29 is 10.2 Å².